The molecule has 2 aromatic heterocycles. The van der Waals surface area contributed by atoms with Crippen molar-refractivity contribution in [2.24, 2.45) is 0 Å². The van der Waals surface area contributed by atoms with Gasteiger partial charge in [-0.2, -0.15) is 5.10 Å². The zero-order valence-electron chi connectivity index (χ0n) is 17.6. The molecule has 0 spiro atoms. The van der Waals surface area contributed by atoms with E-state index in [1.165, 1.54) is 17.4 Å². The maximum atomic E-state index is 13.8. The van der Waals surface area contributed by atoms with Crippen LogP contribution >= 0.6 is 11.3 Å². The Morgan fingerprint density at radius 3 is 2.73 bits per heavy atom. The third kappa shape index (κ3) is 4.94. The molecule has 1 N–H and O–H groups in total. The van der Waals surface area contributed by atoms with Crippen molar-refractivity contribution in [1.82, 2.24) is 9.78 Å². The van der Waals surface area contributed by atoms with Crippen LogP contribution in [0.5, 0.6) is 5.75 Å². The highest BCUT2D eigenvalue weighted by Crippen LogP contribution is 2.23. The monoisotopic (exact) mass is 457 g/mol. The number of nitrogens with zero attached hydrogens (tertiary/aromatic N) is 2. The molecule has 0 radical (unpaired) electrons. The van der Waals surface area contributed by atoms with Crippen molar-refractivity contribution in [2.45, 2.75) is 13.2 Å². The Bertz CT molecular complexity index is 1430. The number of hydrogen-bond acceptors (Lipinski definition) is 4. The highest BCUT2D eigenvalue weighted by Gasteiger charge is 2.12. The van der Waals surface area contributed by atoms with E-state index in [0.717, 1.165) is 22.1 Å². The first kappa shape index (κ1) is 20.9. The van der Waals surface area contributed by atoms with Crippen LogP contribution < -0.4 is 10.1 Å². The lowest BCUT2D eigenvalue weighted by molar-refractivity contribution is 0.103. The number of amides is 1. The Balaban J connectivity index is 1.19. The number of halogens is 1. The summed E-state index contributed by atoms with van der Waals surface area (Å²) < 4.78 is 21.3. The molecule has 3 aromatic carbocycles. The average Bonchev–Trinajstić information content (AvgIpc) is 3.49. The van der Waals surface area contributed by atoms with Crippen LogP contribution in [-0.4, -0.2) is 15.7 Å². The predicted octanol–water partition coefficient (Wildman–Crippen LogP) is 6.12. The molecule has 5 aromatic rings. The SMILES string of the molecule is O=C(Nc1cnn(Cc2ccccc2F)c1)c1cc(COc2ccc3ccccc3c2)cs1. The molecule has 0 unspecified atom stereocenters. The summed E-state index contributed by atoms with van der Waals surface area (Å²) in [6.45, 7) is 0.667. The van der Waals surface area contributed by atoms with E-state index in [-0.39, 0.29) is 18.3 Å². The van der Waals surface area contributed by atoms with Gasteiger partial charge >= 0.3 is 0 Å². The Labute approximate surface area is 194 Å². The summed E-state index contributed by atoms with van der Waals surface area (Å²) in [5, 5.41) is 11.2. The second-order valence-corrected chi connectivity index (χ2v) is 8.50. The second-order valence-electron chi connectivity index (χ2n) is 7.59. The van der Waals surface area contributed by atoms with Crippen molar-refractivity contribution in [1.29, 1.82) is 0 Å². The number of aromatic nitrogens is 2. The fraction of sp³-hybridized carbons (Fsp3) is 0.0769. The van der Waals surface area contributed by atoms with E-state index in [0.29, 0.717) is 22.7 Å². The molecule has 2 heterocycles. The van der Waals surface area contributed by atoms with Gasteiger partial charge in [-0.05, 0) is 40.4 Å². The summed E-state index contributed by atoms with van der Waals surface area (Å²) in [6, 6.07) is 22.5. The van der Waals surface area contributed by atoms with E-state index in [4.69, 9.17) is 4.74 Å². The molecule has 33 heavy (non-hydrogen) atoms. The first-order valence-corrected chi connectivity index (χ1v) is 11.3. The quantitative estimate of drug-likeness (QED) is 0.320. The fourth-order valence-corrected chi connectivity index (χ4v) is 4.29. The molecule has 0 aliphatic heterocycles. The Morgan fingerprint density at radius 2 is 1.85 bits per heavy atom. The van der Waals surface area contributed by atoms with Gasteiger partial charge in [0.15, 0.2) is 0 Å². The maximum absolute atomic E-state index is 13.8. The number of thiophene rings is 1. The Morgan fingerprint density at radius 1 is 1.03 bits per heavy atom. The van der Waals surface area contributed by atoms with Crippen LogP contribution in [0.3, 0.4) is 0 Å². The number of fused-ring (bicyclic) bond motifs is 1. The maximum Gasteiger partial charge on any atom is 0.265 e. The van der Waals surface area contributed by atoms with E-state index in [9.17, 15) is 9.18 Å². The first-order chi connectivity index (χ1) is 16.1. The molecule has 0 fully saturated rings. The summed E-state index contributed by atoms with van der Waals surface area (Å²) in [7, 11) is 0. The van der Waals surface area contributed by atoms with Gasteiger partial charge in [0.1, 0.15) is 18.2 Å². The zero-order valence-corrected chi connectivity index (χ0v) is 18.4. The van der Waals surface area contributed by atoms with Gasteiger partial charge in [0, 0.05) is 17.3 Å². The summed E-state index contributed by atoms with van der Waals surface area (Å²) in [4.78, 5) is 13.2. The van der Waals surface area contributed by atoms with Gasteiger partial charge < -0.3 is 10.1 Å². The van der Waals surface area contributed by atoms with Crippen molar-refractivity contribution in [3.63, 3.8) is 0 Å². The molecule has 0 bridgehead atoms. The van der Waals surface area contributed by atoms with Gasteiger partial charge in [0.05, 0.1) is 23.3 Å². The number of carbonyl (C=O) groups excluding carboxylic acids is 1. The smallest absolute Gasteiger partial charge is 0.265 e. The minimum absolute atomic E-state index is 0.220. The van der Waals surface area contributed by atoms with E-state index in [1.807, 2.05) is 47.8 Å². The topological polar surface area (TPSA) is 56.2 Å². The average molecular weight is 458 g/mol. The molecular weight excluding hydrogens is 437 g/mol. The van der Waals surface area contributed by atoms with Crippen LogP contribution in [0.1, 0.15) is 20.8 Å². The first-order valence-electron chi connectivity index (χ1n) is 10.4. The normalized spacial score (nSPS) is 10.9. The lowest BCUT2D eigenvalue weighted by Gasteiger charge is -2.06. The molecule has 0 aliphatic rings. The van der Waals surface area contributed by atoms with Crippen LogP contribution in [0.25, 0.3) is 10.8 Å². The molecule has 1 amide bonds. The molecular formula is C26H20FN3O2S. The van der Waals surface area contributed by atoms with Crippen LogP contribution in [0.4, 0.5) is 10.1 Å². The standard InChI is InChI=1S/C26H20FN3O2S/c27-24-8-4-3-7-21(24)14-30-15-22(13-28-30)29-26(31)25-11-18(17-33-25)16-32-23-10-9-19-5-1-2-6-20(19)12-23/h1-13,15,17H,14,16H2,(H,29,31). The minimum atomic E-state index is -0.282. The number of benzene rings is 3. The zero-order chi connectivity index (χ0) is 22.6. The molecule has 164 valence electrons. The summed E-state index contributed by atoms with van der Waals surface area (Å²) in [5.74, 6) is 0.283. The van der Waals surface area contributed by atoms with Gasteiger partial charge in [-0.25, -0.2) is 4.39 Å². The number of ether oxygens (including phenoxy) is 1. The molecule has 0 atom stereocenters. The summed E-state index contributed by atoms with van der Waals surface area (Å²) in [5.41, 5.74) is 2.01. The van der Waals surface area contributed by atoms with Gasteiger partial charge in [0.25, 0.3) is 5.91 Å². The Kier molecular flexibility index (Phi) is 5.87. The van der Waals surface area contributed by atoms with Gasteiger partial charge in [0.2, 0.25) is 0 Å². The fourth-order valence-electron chi connectivity index (χ4n) is 3.50. The molecule has 0 saturated carbocycles. The number of nitrogens with one attached hydrogen (secondary N) is 1. The molecule has 0 aliphatic carbocycles. The number of anilines is 1. The van der Waals surface area contributed by atoms with Crippen molar-refractivity contribution in [2.75, 3.05) is 5.32 Å². The van der Waals surface area contributed by atoms with Crippen molar-refractivity contribution in [3.05, 3.63) is 112 Å². The third-order valence-electron chi connectivity index (χ3n) is 5.19. The molecule has 5 nitrogen and oxygen atoms in total. The van der Waals surface area contributed by atoms with E-state index >= 15 is 0 Å². The minimum Gasteiger partial charge on any atom is -0.489 e. The number of rotatable bonds is 7. The van der Waals surface area contributed by atoms with E-state index in [1.54, 1.807) is 35.3 Å². The second kappa shape index (κ2) is 9.26. The van der Waals surface area contributed by atoms with Gasteiger partial charge in [-0.1, -0.05) is 48.5 Å². The number of hydrogen-bond donors (Lipinski definition) is 1. The van der Waals surface area contributed by atoms with Crippen molar-refractivity contribution >= 4 is 33.7 Å². The summed E-state index contributed by atoms with van der Waals surface area (Å²) in [6.07, 6.45) is 3.23. The highest BCUT2D eigenvalue weighted by molar-refractivity contribution is 7.12. The summed E-state index contributed by atoms with van der Waals surface area (Å²) >= 11 is 1.36. The van der Waals surface area contributed by atoms with E-state index in [2.05, 4.69) is 16.5 Å². The van der Waals surface area contributed by atoms with Crippen LogP contribution in [0.15, 0.2) is 90.6 Å². The van der Waals surface area contributed by atoms with Crippen molar-refractivity contribution in [3.8, 4) is 5.75 Å². The largest absolute Gasteiger partial charge is 0.489 e. The molecule has 5 rings (SSSR count). The molecule has 0 saturated heterocycles. The van der Waals surface area contributed by atoms with Gasteiger partial charge in [-0.3, -0.25) is 9.48 Å². The highest BCUT2D eigenvalue weighted by atomic mass is 32.1. The van der Waals surface area contributed by atoms with Crippen molar-refractivity contribution < 1.29 is 13.9 Å². The van der Waals surface area contributed by atoms with Gasteiger partial charge in [-0.15, -0.1) is 11.3 Å². The molecule has 7 heteroatoms. The van der Waals surface area contributed by atoms with E-state index < -0.39 is 0 Å². The lowest BCUT2D eigenvalue weighted by Crippen LogP contribution is -2.09. The van der Waals surface area contributed by atoms with Crippen LogP contribution in [-0.2, 0) is 13.2 Å². The Hall–Kier alpha value is -3.97. The lowest BCUT2D eigenvalue weighted by atomic mass is 10.1. The van der Waals surface area contributed by atoms with Crippen LogP contribution in [0.2, 0.25) is 0 Å². The van der Waals surface area contributed by atoms with Crippen LogP contribution in [0, 0.1) is 5.82 Å². The number of carbonyl (C=O) groups is 1. The predicted molar refractivity (Wildman–Crippen MR) is 128 cm³/mol. The third-order valence-corrected chi connectivity index (χ3v) is 6.16.